The summed E-state index contributed by atoms with van der Waals surface area (Å²) in [5, 5.41) is 15.6. The number of nitriles is 1. The van der Waals surface area contributed by atoms with Gasteiger partial charge in [0.2, 0.25) is 5.91 Å². The fourth-order valence-electron chi connectivity index (χ4n) is 9.12. The highest BCUT2D eigenvalue weighted by molar-refractivity contribution is 6.43. The Morgan fingerprint density at radius 2 is 1.92 bits per heavy atom. The summed E-state index contributed by atoms with van der Waals surface area (Å²) in [4.78, 5) is 21.0. The highest BCUT2D eigenvalue weighted by Crippen LogP contribution is 2.51. The van der Waals surface area contributed by atoms with Crippen LogP contribution >= 0.6 is 23.2 Å². The van der Waals surface area contributed by atoms with Gasteiger partial charge in [0, 0.05) is 71.2 Å². The Balaban J connectivity index is 1.23. The zero-order valence-electron chi connectivity index (χ0n) is 29.3. The van der Waals surface area contributed by atoms with E-state index in [1.807, 2.05) is 13.0 Å². The number of aromatic nitrogens is 2. The highest BCUT2D eigenvalue weighted by Gasteiger charge is 2.51. The Labute approximate surface area is 312 Å². The number of benzene rings is 3. The second kappa shape index (κ2) is 13.1. The first kappa shape index (κ1) is 33.8. The van der Waals surface area contributed by atoms with Crippen molar-refractivity contribution in [2.75, 3.05) is 13.1 Å². The van der Waals surface area contributed by atoms with Crippen LogP contribution in [0.15, 0.2) is 54.6 Å². The molecule has 1 N–H and O–H groups in total. The molecule has 52 heavy (non-hydrogen) atoms. The molecule has 2 saturated carbocycles. The van der Waals surface area contributed by atoms with Crippen molar-refractivity contribution in [3.63, 3.8) is 0 Å². The number of ether oxygens (including phenoxy) is 1. The largest absolute Gasteiger partial charge is 0.372 e. The molecular weight excluding hydrogens is 696 g/mol. The van der Waals surface area contributed by atoms with Crippen LogP contribution in [-0.2, 0) is 22.6 Å². The predicted octanol–water partition coefficient (Wildman–Crippen LogP) is 9.18. The molecule has 2 aromatic heterocycles. The summed E-state index contributed by atoms with van der Waals surface area (Å²) in [5.41, 5.74) is 6.79. The van der Waals surface area contributed by atoms with Crippen LogP contribution in [-0.4, -0.2) is 45.6 Å². The predicted molar refractivity (Wildman–Crippen MR) is 202 cm³/mol. The minimum atomic E-state index is -0.473. The molecule has 2 aliphatic carbocycles. The van der Waals surface area contributed by atoms with E-state index in [-0.39, 0.29) is 53.0 Å². The van der Waals surface area contributed by atoms with Gasteiger partial charge in [-0.15, -0.1) is 0 Å². The molecule has 10 heteroatoms. The van der Waals surface area contributed by atoms with E-state index in [9.17, 15) is 10.1 Å². The number of hydrogen-bond acceptors (Lipinski definition) is 5. The Hall–Kier alpha value is -4.00. The normalized spacial score (nSPS) is 23.8. The molecule has 5 fully saturated rings. The quantitative estimate of drug-likeness (QED) is 0.163. The van der Waals surface area contributed by atoms with Gasteiger partial charge in [0.1, 0.15) is 5.52 Å². The SMILES string of the molecule is Cc1cccc(COC2CC(c3cc4c(C)nc5c(F)c(-c6cccc(Cl)c6Cl)c(CCC#N)cc5c4n3C3C4CNC3C4)N(C(=O)C3CC3)C2)c1. The molecule has 5 heterocycles. The number of fused-ring (bicyclic) bond motifs is 4. The lowest BCUT2D eigenvalue weighted by atomic mass is 9.79. The van der Waals surface area contributed by atoms with Crippen molar-refractivity contribution in [2.45, 2.75) is 83.2 Å². The molecule has 5 aliphatic rings. The molecule has 0 spiro atoms. The van der Waals surface area contributed by atoms with Crippen LogP contribution in [0.3, 0.4) is 0 Å². The molecule has 7 nitrogen and oxygen atoms in total. The lowest BCUT2D eigenvalue weighted by Crippen LogP contribution is -2.41. The molecule has 5 unspecified atom stereocenters. The van der Waals surface area contributed by atoms with Gasteiger partial charge < -0.3 is 19.5 Å². The Morgan fingerprint density at radius 1 is 1.10 bits per heavy atom. The number of carbonyl (C=O) groups excluding carboxylic acids is 1. The Bertz CT molecular complexity index is 2300. The summed E-state index contributed by atoms with van der Waals surface area (Å²) in [6.45, 7) is 5.97. The van der Waals surface area contributed by atoms with Crippen LogP contribution in [0.25, 0.3) is 32.9 Å². The van der Waals surface area contributed by atoms with Crippen molar-refractivity contribution in [1.29, 1.82) is 5.26 Å². The van der Waals surface area contributed by atoms with E-state index < -0.39 is 5.82 Å². The van der Waals surface area contributed by atoms with E-state index in [1.165, 1.54) is 5.56 Å². The average Bonchev–Trinajstić information content (AvgIpc) is 3.43. The van der Waals surface area contributed by atoms with Crippen molar-refractivity contribution < 1.29 is 13.9 Å². The van der Waals surface area contributed by atoms with E-state index in [1.54, 1.807) is 18.2 Å². The van der Waals surface area contributed by atoms with E-state index in [0.717, 1.165) is 53.7 Å². The van der Waals surface area contributed by atoms with Crippen LogP contribution in [0.2, 0.25) is 10.0 Å². The first-order valence-corrected chi connectivity index (χ1v) is 19.2. The topological polar surface area (TPSA) is 83.2 Å². The van der Waals surface area contributed by atoms with E-state index in [2.05, 4.69) is 58.1 Å². The number of halogens is 3. The average molecular weight is 737 g/mol. The van der Waals surface area contributed by atoms with Crippen molar-refractivity contribution >= 4 is 50.9 Å². The van der Waals surface area contributed by atoms with Crippen LogP contribution in [0.4, 0.5) is 4.39 Å². The van der Waals surface area contributed by atoms with Gasteiger partial charge in [-0.1, -0.05) is 65.2 Å². The molecule has 2 bridgehead atoms. The smallest absolute Gasteiger partial charge is 0.226 e. The Kier molecular flexibility index (Phi) is 8.54. The highest BCUT2D eigenvalue weighted by atomic mass is 35.5. The second-order valence-electron chi connectivity index (χ2n) is 15.2. The molecule has 266 valence electrons. The lowest BCUT2D eigenvalue weighted by Gasteiger charge is -2.39. The fraction of sp³-hybridized carbons (Fsp3) is 0.405. The van der Waals surface area contributed by atoms with Gasteiger partial charge >= 0.3 is 0 Å². The molecule has 5 atom stereocenters. The van der Waals surface area contributed by atoms with Crippen LogP contribution in [0.5, 0.6) is 0 Å². The van der Waals surface area contributed by atoms with E-state index in [0.29, 0.717) is 59.0 Å². The molecule has 10 rings (SSSR count). The van der Waals surface area contributed by atoms with Gasteiger partial charge in [-0.25, -0.2) is 9.37 Å². The summed E-state index contributed by atoms with van der Waals surface area (Å²) in [7, 11) is 0. The van der Waals surface area contributed by atoms with Gasteiger partial charge in [-0.3, -0.25) is 4.79 Å². The first-order valence-electron chi connectivity index (χ1n) is 18.4. The van der Waals surface area contributed by atoms with Crippen LogP contribution in [0.1, 0.15) is 72.3 Å². The number of nitrogens with one attached hydrogen (secondary N) is 1. The van der Waals surface area contributed by atoms with Gasteiger partial charge in [-0.2, -0.15) is 5.26 Å². The van der Waals surface area contributed by atoms with E-state index >= 15 is 4.39 Å². The maximum absolute atomic E-state index is 17.2. The van der Waals surface area contributed by atoms with Gasteiger partial charge in [0.05, 0.1) is 46.4 Å². The summed E-state index contributed by atoms with van der Waals surface area (Å²) in [5.74, 6) is 0.221. The van der Waals surface area contributed by atoms with Crippen LogP contribution in [0, 0.1) is 42.8 Å². The fourth-order valence-corrected chi connectivity index (χ4v) is 9.52. The first-order chi connectivity index (χ1) is 25.2. The zero-order chi connectivity index (χ0) is 35.8. The van der Waals surface area contributed by atoms with Crippen molar-refractivity contribution in [3.05, 3.63) is 98.5 Å². The number of hydrogen-bond donors (Lipinski definition) is 1. The number of nitrogens with zero attached hydrogens (tertiary/aromatic N) is 4. The molecule has 0 radical (unpaired) electrons. The monoisotopic (exact) mass is 735 g/mol. The summed E-state index contributed by atoms with van der Waals surface area (Å²) in [6, 6.07) is 20.3. The molecule has 3 aromatic carbocycles. The van der Waals surface area contributed by atoms with Crippen molar-refractivity contribution in [2.24, 2.45) is 11.8 Å². The maximum Gasteiger partial charge on any atom is 0.226 e. The standard InChI is InChI=1S/C42H40Cl2FN5O2/c1-22-6-3-7-24(14-22)21-52-28-17-34(49(20-28)42(51)25-11-12-25)35-18-30-23(2)48-39-31(41(30)50(35)40-27-16-33(40)47-19-27)15-26(8-5-13-46)36(38(39)45)29-9-4-10-32(43)37(29)44/h3-4,6-7,9-10,14-15,18,25,27-28,33-34,40,47H,5,8,11-12,16-17,19-21H2,1-2H3. The number of aryl methyl sites for hydroxylation is 3. The molecule has 3 saturated heterocycles. The van der Waals surface area contributed by atoms with Gasteiger partial charge in [0.15, 0.2) is 5.82 Å². The second-order valence-corrected chi connectivity index (χ2v) is 16.0. The number of amides is 1. The minimum Gasteiger partial charge on any atom is -0.372 e. The molecule has 1 amide bonds. The zero-order valence-corrected chi connectivity index (χ0v) is 30.8. The minimum absolute atomic E-state index is 0.0650. The maximum atomic E-state index is 17.2. The summed E-state index contributed by atoms with van der Waals surface area (Å²) >= 11 is 13.1. The Morgan fingerprint density at radius 3 is 2.65 bits per heavy atom. The van der Waals surface area contributed by atoms with Crippen LogP contribution < -0.4 is 5.32 Å². The summed E-state index contributed by atoms with van der Waals surface area (Å²) < 4.78 is 26.2. The molecular formula is C42H40Cl2FN5O2. The number of rotatable bonds is 9. The van der Waals surface area contributed by atoms with Gasteiger partial charge in [0.25, 0.3) is 0 Å². The molecule has 3 aliphatic heterocycles. The van der Waals surface area contributed by atoms with Crippen molar-refractivity contribution in [3.8, 4) is 17.2 Å². The third-order valence-electron chi connectivity index (χ3n) is 11.8. The lowest BCUT2D eigenvalue weighted by molar-refractivity contribution is -0.134. The van der Waals surface area contributed by atoms with Gasteiger partial charge in [-0.05, 0) is 74.8 Å². The number of pyridine rings is 1. The third-order valence-corrected chi connectivity index (χ3v) is 12.6. The third kappa shape index (κ3) is 5.60. The van der Waals surface area contributed by atoms with E-state index in [4.69, 9.17) is 32.9 Å². The number of likely N-dealkylation sites (tertiary alicyclic amines) is 1. The summed E-state index contributed by atoms with van der Waals surface area (Å²) in [6.07, 6.45) is 4.05. The number of carbonyl (C=O) groups is 1. The van der Waals surface area contributed by atoms with Crippen molar-refractivity contribution in [1.82, 2.24) is 19.8 Å². The molecule has 5 aromatic rings.